The minimum absolute atomic E-state index is 0.256. The molecular weight excluding hydrogens is 310 g/mol. The van der Waals surface area contributed by atoms with Crippen molar-refractivity contribution < 1.29 is 14.1 Å². The Bertz CT molecular complexity index is 487. The number of carbonyl (C=O) groups excluding carboxylic acids is 1. The molecule has 2 unspecified atom stereocenters. The van der Waals surface area contributed by atoms with Gasteiger partial charge in [0.05, 0.1) is 6.61 Å². The molecule has 0 radical (unpaired) electrons. The second kappa shape index (κ2) is 7.01. The molecule has 0 saturated carbocycles. The van der Waals surface area contributed by atoms with Gasteiger partial charge in [-0.2, -0.15) is 0 Å². The molecule has 0 aliphatic carbocycles. The molecule has 21 heavy (non-hydrogen) atoms. The summed E-state index contributed by atoms with van der Waals surface area (Å²) in [6, 6.07) is 6.84. The lowest BCUT2D eigenvalue weighted by molar-refractivity contribution is -0.150. The first-order valence-electron chi connectivity index (χ1n) is 6.74. The molecule has 0 aliphatic heterocycles. The van der Waals surface area contributed by atoms with Crippen LogP contribution in [-0.4, -0.2) is 21.9 Å². The van der Waals surface area contributed by atoms with Gasteiger partial charge in [0.2, 0.25) is 0 Å². The van der Waals surface area contributed by atoms with Gasteiger partial charge in [0.1, 0.15) is 4.75 Å². The van der Waals surface area contributed by atoms with Crippen molar-refractivity contribution in [3.63, 3.8) is 0 Å². The molecule has 1 aromatic carbocycles. The molecule has 2 atom stereocenters. The van der Waals surface area contributed by atoms with Crippen LogP contribution in [0.15, 0.2) is 24.3 Å². The lowest BCUT2D eigenvalue weighted by atomic mass is 9.93. The average molecular weight is 332 g/mol. The monoisotopic (exact) mass is 331 g/mol. The molecule has 0 heterocycles. The molecular formula is C15H22ClNO3S. The van der Waals surface area contributed by atoms with E-state index in [1.54, 1.807) is 38.1 Å². The van der Waals surface area contributed by atoms with Gasteiger partial charge in [0.25, 0.3) is 0 Å². The van der Waals surface area contributed by atoms with Crippen molar-refractivity contribution in [3.8, 4) is 0 Å². The number of esters is 1. The number of ether oxygens (including phenoxy) is 1. The third-order valence-corrected chi connectivity index (χ3v) is 4.92. The first-order valence-corrected chi connectivity index (χ1v) is 8.27. The van der Waals surface area contributed by atoms with Crippen molar-refractivity contribution in [3.05, 3.63) is 34.9 Å². The fraction of sp³-hybridized carbons (Fsp3) is 0.533. The summed E-state index contributed by atoms with van der Waals surface area (Å²) in [5, 5.41) is 0.571. The van der Waals surface area contributed by atoms with Crippen LogP contribution in [0.2, 0.25) is 5.02 Å². The quantitative estimate of drug-likeness (QED) is 0.665. The summed E-state index contributed by atoms with van der Waals surface area (Å²) in [7, 11) is 0. The highest BCUT2D eigenvalue weighted by atomic mass is 35.5. The molecule has 0 aliphatic rings. The second-order valence-electron chi connectivity index (χ2n) is 5.84. The molecule has 0 aromatic heterocycles. The largest absolute Gasteiger partial charge is 0.598 e. The highest BCUT2D eigenvalue weighted by molar-refractivity contribution is 7.90. The van der Waals surface area contributed by atoms with Crippen LogP contribution >= 0.6 is 11.6 Å². The minimum Gasteiger partial charge on any atom is -0.598 e. The van der Waals surface area contributed by atoms with Crippen molar-refractivity contribution in [2.45, 2.75) is 44.9 Å². The van der Waals surface area contributed by atoms with Crippen molar-refractivity contribution in [2.24, 2.45) is 0 Å². The molecule has 0 fully saturated rings. The van der Waals surface area contributed by atoms with E-state index in [2.05, 4.69) is 4.72 Å². The molecule has 0 spiro atoms. The van der Waals surface area contributed by atoms with E-state index in [-0.39, 0.29) is 6.61 Å². The van der Waals surface area contributed by atoms with E-state index < -0.39 is 27.6 Å². The Morgan fingerprint density at radius 1 is 1.29 bits per heavy atom. The van der Waals surface area contributed by atoms with Crippen LogP contribution in [0, 0.1) is 0 Å². The maximum atomic E-state index is 12.4. The van der Waals surface area contributed by atoms with Crippen LogP contribution in [0.25, 0.3) is 0 Å². The Morgan fingerprint density at radius 3 is 2.24 bits per heavy atom. The van der Waals surface area contributed by atoms with Crippen LogP contribution in [0.4, 0.5) is 0 Å². The molecule has 118 valence electrons. The lowest BCUT2D eigenvalue weighted by Crippen LogP contribution is -2.54. The fourth-order valence-electron chi connectivity index (χ4n) is 1.62. The molecule has 6 heteroatoms. The molecule has 0 amide bonds. The Hall–Kier alpha value is -0.750. The van der Waals surface area contributed by atoms with E-state index in [1.165, 1.54) is 0 Å². The van der Waals surface area contributed by atoms with Crippen LogP contribution in [0.5, 0.6) is 0 Å². The number of hydrogen-bond acceptors (Lipinski definition) is 4. The van der Waals surface area contributed by atoms with E-state index in [9.17, 15) is 9.35 Å². The first-order chi connectivity index (χ1) is 9.61. The van der Waals surface area contributed by atoms with Gasteiger partial charge in [-0.05, 0) is 52.3 Å². The van der Waals surface area contributed by atoms with E-state index >= 15 is 0 Å². The molecule has 1 rings (SSSR count). The van der Waals surface area contributed by atoms with Gasteiger partial charge >= 0.3 is 5.97 Å². The number of carbonyl (C=O) groups is 1. The summed E-state index contributed by atoms with van der Waals surface area (Å²) < 4.78 is 19.9. The summed E-state index contributed by atoms with van der Waals surface area (Å²) >= 11 is 4.46. The normalized spacial score (nSPS) is 16.1. The summed E-state index contributed by atoms with van der Waals surface area (Å²) in [5.41, 5.74) is -0.540. The third kappa shape index (κ3) is 4.61. The minimum atomic E-state index is -1.42. The molecule has 0 saturated heterocycles. The summed E-state index contributed by atoms with van der Waals surface area (Å²) in [4.78, 5) is 12.4. The van der Waals surface area contributed by atoms with Crippen LogP contribution in [-0.2, 0) is 26.4 Å². The summed E-state index contributed by atoms with van der Waals surface area (Å²) in [5.74, 6) is -0.468. The van der Waals surface area contributed by atoms with E-state index in [0.29, 0.717) is 10.6 Å². The maximum Gasteiger partial charge on any atom is 0.335 e. The van der Waals surface area contributed by atoms with Crippen molar-refractivity contribution in [2.75, 3.05) is 6.61 Å². The van der Waals surface area contributed by atoms with Gasteiger partial charge in [-0.1, -0.05) is 23.7 Å². The molecule has 4 nitrogen and oxygen atoms in total. The van der Waals surface area contributed by atoms with Crippen LogP contribution < -0.4 is 4.72 Å². The number of halogens is 1. The van der Waals surface area contributed by atoms with Crippen molar-refractivity contribution in [1.29, 1.82) is 0 Å². The topological polar surface area (TPSA) is 61.4 Å². The fourth-order valence-corrected chi connectivity index (χ4v) is 2.62. The zero-order valence-electron chi connectivity index (χ0n) is 13.0. The Kier molecular flexibility index (Phi) is 6.11. The second-order valence-corrected chi connectivity index (χ2v) is 8.24. The summed E-state index contributed by atoms with van der Waals surface area (Å²) in [6.07, 6.45) is 0. The zero-order chi connectivity index (χ0) is 16.3. The number of rotatable bonds is 5. The van der Waals surface area contributed by atoms with Gasteiger partial charge in [-0.15, -0.1) is 4.72 Å². The molecule has 1 N–H and O–H groups in total. The standard InChI is InChI=1S/C15H22ClNO3S/c1-6-20-13(18)15(5,17-21(19)14(2,3)4)11-7-9-12(16)10-8-11/h7-10,17H,6H2,1-5H3. The highest BCUT2D eigenvalue weighted by Crippen LogP contribution is 2.28. The third-order valence-electron chi connectivity index (χ3n) is 2.96. The van der Waals surface area contributed by atoms with E-state index in [4.69, 9.17) is 16.3 Å². The van der Waals surface area contributed by atoms with Crippen molar-refractivity contribution in [1.82, 2.24) is 4.72 Å². The molecule has 1 aromatic rings. The van der Waals surface area contributed by atoms with Crippen molar-refractivity contribution >= 4 is 28.9 Å². The van der Waals surface area contributed by atoms with Gasteiger partial charge in [0.15, 0.2) is 5.54 Å². The Balaban J connectivity index is 3.17. The smallest absolute Gasteiger partial charge is 0.335 e. The summed E-state index contributed by atoms with van der Waals surface area (Å²) in [6.45, 7) is 9.17. The highest BCUT2D eigenvalue weighted by Gasteiger charge is 2.44. The zero-order valence-corrected chi connectivity index (χ0v) is 14.6. The SMILES string of the molecule is CCOC(=O)C(C)(N[S+]([O-])C(C)(C)C)c1ccc(Cl)cc1. The van der Waals surface area contributed by atoms with Gasteiger partial charge in [0, 0.05) is 16.4 Å². The van der Waals surface area contributed by atoms with Gasteiger partial charge in [-0.25, -0.2) is 4.79 Å². The lowest BCUT2D eigenvalue weighted by Gasteiger charge is -2.33. The molecule has 0 bridgehead atoms. The Labute approximate surface area is 134 Å². The average Bonchev–Trinajstić information content (AvgIpc) is 2.38. The van der Waals surface area contributed by atoms with Crippen LogP contribution in [0.3, 0.4) is 0 Å². The van der Waals surface area contributed by atoms with E-state index in [0.717, 1.165) is 0 Å². The number of benzene rings is 1. The number of hydrogen-bond donors (Lipinski definition) is 1. The van der Waals surface area contributed by atoms with Gasteiger partial charge in [-0.3, -0.25) is 0 Å². The Morgan fingerprint density at radius 2 is 1.81 bits per heavy atom. The van der Waals surface area contributed by atoms with Gasteiger partial charge < -0.3 is 9.29 Å². The predicted octanol–water partition coefficient (Wildman–Crippen LogP) is 3.17. The van der Waals surface area contributed by atoms with E-state index in [1.807, 2.05) is 20.8 Å². The maximum absolute atomic E-state index is 12.4. The predicted molar refractivity (Wildman–Crippen MR) is 86.5 cm³/mol. The van der Waals surface area contributed by atoms with Crippen LogP contribution in [0.1, 0.15) is 40.2 Å². The number of nitrogens with one attached hydrogen (secondary N) is 1. The first kappa shape index (κ1) is 18.3.